The molecule has 1 aliphatic heterocycles. The van der Waals surface area contributed by atoms with Gasteiger partial charge in [-0.2, -0.15) is 0 Å². The van der Waals surface area contributed by atoms with Crippen molar-refractivity contribution in [2.75, 3.05) is 12.0 Å². The number of methoxy groups -OCH3 is 1. The van der Waals surface area contributed by atoms with Crippen LogP contribution in [0.3, 0.4) is 0 Å². The number of carbonyl (C=O) groups excluding carboxylic acids is 1. The zero-order chi connectivity index (χ0) is 14.9. The van der Waals surface area contributed by atoms with E-state index in [1.54, 1.807) is 12.1 Å². The molecule has 106 valence electrons. The third-order valence-electron chi connectivity index (χ3n) is 3.10. The van der Waals surface area contributed by atoms with Gasteiger partial charge in [0.25, 0.3) is 0 Å². The summed E-state index contributed by atoms with van der Waals surface area (Å²) in [6.07, 6.45) is 2.08. The van der Waals surface area contributed by atoms with Crippen molar-refractivity contribution < 1.29 is 9.53 Å². The van der Waals surface area contributed by atoms with Crippen LogP contribution in [0.2, 0.25) is 0 Å². The molecule has 1 heterocycles. The lowest BCUT2D eigenvalue weighted by molar-refractivity contribution is 0.0601. The highest BCUT2D eigenvalue weighted by molar-refractivity contribution is 7.80. The standard InChI is InChI=1S/C15H18N2O2S/c1-10-9-15(2,3)16-14(20)17(10)12-8-6-5-7-11(12)13(18)19-4/h5-9H,1-4H3,(H,16,20). The van der Waals surface area contributed by atoms with Crippen LogP contribution < -0.4 is 10.2 Å². The molecule has 0 aliphatic carbocycles. The van der Waals surface area contributed by atoms with Gasteiger partial charge < -0.3 is 10.1 Å². The Bertz CT molecular complexity index is 593. The number of benzene rings is 1. The summed E-state index contributed by atoms with van der Waals surface area (Å²) in [5.41, 5.74) is 2.00. The number of ether oxygens (including phenoxy) is 1. The maximum absolute atomic E-state index is 11.9. The molecule has 2 rings (SSSR count). The van der Waals surface area contributed by atoms with Crippen molar-refractivity contribution in [1.29, 1.82) is 0 Å². The molecule has 20 heavy (non-hydrogen) atoms. The van der Waals surface area contributed by atoms with E-state index in [1.165, 1.54) is 7.11 Å². The number of nitrogens with zero attached hydrogens (tertiary/aromatic N) is 1. The molecule has 0 unspecified atom stereocenters. The summed E-state index contributed by atoms with van der Waals surface area (Å²) < 4.78 is 4.83. The normalized spacial score (nSPS) is 17.3. The van der Waals surface area contributed by atoms with Crippen molar-refractivity contribution in [3.63, 3.8) is 0 Å². The van der Waals surface area contributed by atoms with Crippen LogP contribution in [0.25, 0.3) is 0 Å². The molecule has 0 aromatic heterocycles. The molecule has 1 aromatic carbocycles. The van der Waals surface area contributed by atoms with Gasteiger partial charge >= 0.3 is 5.97 Å². The molecule has 4 nitrogen and oxygen atoms in total. The molecule has 0 saturated heterocycles. The van der Waals surface area contributed by atoms with Gasteiger partial charge in [0.1, 0.15) is 0 Å². The van der Waals surface area contributed by atoms with Crippen LogP contribution in [-0.2, 0) is 4.74 Å². The fourth-order valence-electron chi connectivity index (χ4n) is 2.37. The lowest BCUT2D eigenvalue weighted by Gasteiger charge is -2.38. The van der Waals surface area contributed by atoms with Crippen LogP contribution >= 0.6 is 12.2 Å². The minimum atomic E-state index is -0.374. The number of anilines is 1. The maximum atomic E-state index is 11.9. The second kappa shape index (κ2) is 5.25. The van der Waals surface area contributed by atoms with Crippen molar-refractivity contribution in [3.8, 4) is 0 Å². The number of hydrogen-bond acceptors (Lipinski definition) is 3. The second-order valence-electron chi connectivity index (χ2n) is 5.28. The van der Waals surface area contributed by atoms with Crippen LogP contribution in [0.4, 0.5) is 5.69 Å². The summed E-state index contributed by atoms with van der Waals surface area (Å²) in [4.78, 5) is 13.7. The van der Waals surface area contributed by atoms with E-state index in [-0.39, 0.29) is 11.5 Å². The summed E-state index contributed by atoms with van der Waals surface area (Å²) in [5.74, 6) is -0.374. The molecule has 0 saturated carbocycles. The SMILES string of the molecule is COC(=O)c1ccccc1N1C(=S)NC(C)(C)C=C1C. The Labute approximate surface area is 124 Å². The minimum Gasteiger partial charge on any atom is -0.465 e. The number of thiocarbonyl (C=S) groups is 1. The largest absolute Gasteiger partial charge is 0.465 e. The number of allylic oxidation sites excluding steroid dienone is 1. The predicted octanol–water partition coefficient (Wildman–Crippen LogP) is 2.85. The van der Waals surface area contributed by atoms with Crippen molar-refractivity contribution in [1.82, 2.24) is 5.32 Å². The van der Waals surface area contributed by atoms with Crippen LogP contribution in [-0.4, -0.2) is 23.7 Å². The summed E-state index contributed by atoms with van der Waals surface area (Å²) in [7, 11) is 1.37. The number of rotatable bonds is 2. The first-order valence-corrected chi connectivity index (χ1v) is 6.75. The average molecular weight is 290 g/mol. The molecule has 0 fully saturated rings. The van der Waals surface area contributed by atoms with E-state index >= 15 is 0 Å². The Morgan fingerprint density at radius 1 is 1.35 bits per heavy atom. The molecule has 0 atom stereocenters. The molecule has 5 heteroatoms. The maximum Gasteiger partial charge on any atom is 0.339 e. The quantitative estimate of drug-likeness (QED) is 0.670. The number of esters is 1. The Morgan fingerprint density at radius 2 is 2.00 bits per heavy atom. The molecular weight excluding hydrogens is 272 g/mol. The summed E-state index contributed by atoms with van der Waals surface area (Å²) >= 11 is 5.44. The Hall–Kier alpha value is -1.88. The molecular formula is C15H18N2O2S. The summed E-state index contributed by atoms with van der Waals surface area (Å²) in [6.45, 7) is 6.07. The van der Waals surface area contributed by atoms with Gasteiger partial charge in [-0.1, -0.05) is 12.1 Å². The van der Waals surface area contributed by atoms with Gasteiger partial charge in [0, 0.05) is 5.70 Å². The fraction of sp³-hybridized carbons (Fsp3) is 0.333. The predicted molar refractivity (Wildman–Crippen MR) is 83.8 cm³/mol. The molecule has 0 spiro atoms. The van der Waals surface area contributed by atoms with Crippen molar-refractivity contribution in [3.05, 3.63) is 41.6 Å². The van der Waals surface area contributed by atoms with Crippen molar-refractivity contribution in [2.45, 2.75) is 26.3 Å². The molecule has 1 N–H and O–H groups in total. The second-order valence-corrected chi connectivity index (χ2v) is 5.67. The Morgan fingerprint density at radius 3 is 2.60 bits per heavy atom. The minimum absolute atomic E-state index is 0.197. The Balaban J connectivity index is 2.52. The van der Waals surface area contributed by atoms with E-state index in [0.717, 1.165) is 11.4 Å². The van der Waals surface area contributed by atoms with E-state index in [2.05, 4.69) is 11.4 Å². The summed E-state index contributed by atoms with van der Waals surface area (Å²) in [5, 5.41) is 3.82. The first kappa shape index (κ1) is 14.5. The van der Waals surface area contributed by atoms with Gasteiger partial charge in [0.2, 0.25) is 0 Å². The molecule has 1 aromatic rings. The highest BCUT2D eigenvalue weighted by atomic mass is 32.1. The number of hydrogen-bond donors (Lipinski definition) is 1. The number of para-hydroxylation sites is 1. The van der Waals surface area contributed by atoms with Crippen LogP contribution in [0.1, 0.15) is 31.1 Å². The highest BCUT2D eigenvalue weighted by Gasteiger charge is 2.29. The van der Waals surface area contributed by atoms with Gasteiger partial charge in [-0.3, -0.25) is 4.90 Å². The van der Waals surface area contributed by atoms with E-state index in [4.69, 9.17) is 17.0 Å². The van der Waals surface area contributed by atoms with Gasteiger partial charge in [0.05, 0.1) is 23.9 Å². The van der Waals surface area contributed by atoms with Gasteiger partial charge in [0.15, 0.2) is 5.11 Å². The molecule has 1 aliphatic rings. The zero-order valence-corrected chi connectivity index (χ0v) is 12.9. The first-order chi connectivity index (χ1) is 9.35. The Kier molecular flexibility index (Phi) is 3.81. The number of carbonyl (C=O) groups is 1. The van der Waals surface area contributed by atoms with Crippen molar-refractivity contribution in [2.24, 2.45) is 0 Å². The number of nitrogens with one attached hydrogen (secondary N) is 1. The third kappa shape index (κ3) is 2.67. The zero-order valence-electron chi connectivity index (χ0n) is 12.1. The van der Waals surface area contributed by atoms with Crippen LogP contribution in [0.5, 0.6) is 0 Å². The molecule has 0 bridgehead atoms. The summed E-state index contributed by atoms with van der Waals surface area (Å²) in [6, 6.07) is 7.27. The highest BCUT2D eigenvalue weighted by Crippen LogP contribution is 2.29. The smallest absolute Gasteiger partial charge is 0.339 e. The monoisotopic (exact) mass is 290 g/mol. The lowest BCUT2D eigenvalue weighted by Crippen LogP contribution is -2.53. The van der Waals surface area contributed by atoms with Crippen LogP contribution in [0, 0.1) is 0 Å². The lowest BCUT2D eigenvalue weighted by atomic mass is 10.0. The van der Waals surface area contributed by atoms with E-state index in [0.29, 0.717) is 10.7 Å². The van der Waals surface area contributed by atoms with Crippen molar-refractivity contribution >= 4 is 29.0 Å². The fourth-order valence-corrected chi connectivity index (χ4v) is 2.87. The van der Waals surface area contributed by atoms with E-state index in [9.17, 15) is 4.79 Å². The van der Waals surface area contributed by atoms with E-state index in [1.807, 2.05) is 37.8 Å². The van der Waals surface area contributed by atoms with Gasteiger partial charge in [-0.05, 0) is 51.2 Å². The van der Waals surface area contributed by atoms with Crippen LogP contribution in [0.15, 0.2) is 36.0 Å². The van der Waals surface area contributed by atoms with Gasteiger partial charge in [-0.25, -0.2) is 4.79 Å². The molecule has 0 amide bonds. The first-order valence-electron chi connectivity index (χ1n) is 6.35. The topological polar surface area (TPSA) is 41.6 Å². The average Bonchev–Trinajstić information content (AvgIpc) is 2.36. The van der Waals surface area contributed by atoms with Gasteiger partial charge in [-0.15, -0.1) is 0 Å². The van der Waals surface area contributed by atoms with E-state index < -0.39 is 0 Å². The molecule has 0 radical (unpaired) electrons. The third-order valence-corrected chi connectivity index (χ3v) is 3.39.